The Balaban J connectivity index is 1.28. The average molecular weight is 608 g/mol. The fraction of sp³-hybridized carbons (Fsp3) is 0.276. The molecule has 1 aliphatic heterocycles. The van der Waals surface area contributed by atoms with Crippen LogP contribution in [0, 0.1) is 17.5 Å². The highest BCUT2D eigenvalue weighted by Gasteiger charge is 2.38. The molecule has 1 unspecified atom stereocenters. The number of fused-ring (bicyclic) bond motifs is 1. The third-order valence-electron chi connectivity index (χ3n) is 7.14. The van der Waals surface area contributed by atoms with Crippen molar-refractivity contribution in [3.05, 3.63) is 84.2 Å². The van der Waals surface area contributed by atoms with Gasteiger partial charge in [-0.1, -0.05) is 31.8 Å². The summed E-state index contributed by atoms with van der Waals surface area (Å²) >= 11 is 0. The number of carbonyl (C=O) groups is 1. The molecule has 1 atom stereocenters. The van der Waals surface area contributed by atoms with Crippen LogP contribution in [0.5, 0.6) is 0 Å². The second-order valence-corrected chi connectivity index (χ2v) is 17.0. The molecular weight excluding hydrogens is 579 g/mol. The van der Waals surface area contributed by atoms with Crippen LogP contribution in [0.2, 0.25) is 25.7 Å². The molecule has 1 aliphatic rings. The van der Waals surface area contributed by atoms with Gasteiger partial charge in [0.25, 0.3) is 0 Å². The fourth-order valence-corrected chi connectivity index (χ4v) is 5.59. The summed E-state index contributed by atoms with van der Waals surface area (Å²) < 4.78 is 57.6. The van der Waals surface area contributed by atoms with Crippen molar-refractivity contribution < 1.29 is 27.4 Å². The molecule has 2 aromatic carbocycles. The molecule has 0 N–H and O–H groups in total. The van der Waals surface area contributed by atoms with Gasteiger partial charge in [-0.3, -0.25) is 4.90 Å². The van der Waals surface area contributed by atoms with E-state index in [1.54, 1.807) is 18.3 Å². The number of cyclic esters (lactones) is 1. The predicted molar refractivity (Wildman–Crippen MR) is 154 cm³/mol. The summed E-state index contributed by atoms with van der Waals surface area (Å²) in [6, 6.07) is 9.50. The maximum absolute atomic E-state index is 15.5. The van der Waals surface area contributed by atoms with Crippen LogP contribution in [0.4, 0.5) is 23.8 Å². The Kier molecular flexibility index (Phi) is 7.48. The van der Waals surface area contributed by atoms with E-state index in [-0.39, 0.29) is 30.3 Å². The minimum atomic E-state index is -1.25. The molecule has 43 heavy (non-hydrogen) atoms. The summed E-state index contributed by atoms with van der Waals surface area (Å²) in [5, 5.41) is 8.50. The third-order valence-corrected chi connectivity index (χ3v) is 8.85. The number of ether oxygens (including phenoxy) is 2. The maximum atomic E-state index is 15.5. The summed E-state index contributed by atoms with van der Waals surface area (Å²) in [5.41, 5.74) is 1.67. The summed E-state index contributed by atoms with van der Waals surface area (Å²) in [5.74, 6) is -1.55. The van der Waals surface area contributed by atoms with Crippen LogP contribution in [-0.2, 0) is 16.2 Å². The van der Waals surface area contributed by atoms with Crippen LogP contribution < -0.4 is 4.90 Å². The molecule has 0 bridgehead atoms. The van der Waals surface area contributed by atoms with Gasteiger partial charge in [-0.15, -0.1) is 0 Å². The molecule has 10 nitrogen and oxygen atoms in total. The first-order valence-corrected chi connectivity index (χ1v) is 17.3. The Hall–Kier alpha value is -4.56. The highest BCUT2D eigenvalue weighted by molar-refractivity contribution is 6.76. The van der Waals surface area contributed by atoms with Gasteiger partial charge in [0, 0.05) is 38.1 Å². The Bertz CT molecular complexity index is 1820. The van der Waals surface area contributed by atoms with E-state index in [9.17, 15) is 13.6 Å². The van der Waals surface area contributed by atoms with E-state index in [2.05, 4.69) is 39.8 Å². The smallest absolute Gasteiger partial charge is 0.416 e. The van der Waals surface area contributed by atoms with Crippen molar-refractivity contribution in [1.82, 2.24) is 29.4 Å². The molecule has 4 heterocycles. The summed E-state index contributed by atoms with van der Waals surface area (Å²) in [7, 11) is -1.25. The lowest BCUT2D eigenvalue weighted by Gasteiger charge is -2.21. The van der Waals surface area contributed by atoms with Crippen LogP contribution in [0.1, 0.15) is 11.6 Å². The molecule has 1 saturated heterocycles. The number of benzene rings is 2. The minimum absolute atomic E-state index is 0.0922. The van der Waals surface area contributed by atoms with Crippen molar-refractivity contribution in [3.63, 3.8) is 0 Å². The number of hydrogen-bond acceptors (Lipinski definition) is 7. The number of hydrogen-bond donors (Lipinski definition) is 0. The number of rotatable bonds is 9. The van der Waals surface area contributed by atoms with E-state index < -0.39 is 37.7 Å². The number of aromatic nitrogens is 6. The lowest BCUT2D eigenvalue weighted by molar-refractivity contribution is 0.0796. The van der Waals surface area contributed by atoms with E-state index >= 15 is 4.39 Å². The third kappa shape index (κ3) is 5.75. The highest BCUT2D eigenvalue weighted by atomic mass is 28.3. The maximum Gasteiger partial charge on any atom is 0.416 e. The van der Waals surface area contributed by atoms with E-state index in [1.165, 1.54) is 44.8 Å². The fourth-order valence-electron chi connectivity index (χ4n) is 4.83. The second kappa shape index (κ2) is 11.3. The minimum Gasteiger partial charge on any atom is -0.447 e. The quantitative estimate of drug-likeness (QED) is 0.148. The molecule has 222 valence electrons. The van der Waals surface area contributed by atoms with E-state index in [4.69, 9.17) is 9.47 Å². The van der Waals surface area contributed by atoms with Gasteiger partial charge in [0.15, 0.2) is 11.5 Å². The van der Waals surface area contributed by atoms with Gasteiger partial charge in [0.05, 0.1) is 11.8 Å². The zero-order valence-electron chi connectivity index (χ0n) is 23.7. The Morgan fingerprint density at radius 1 is 1.02 bits per heavy atom. The Labute approximate surface area is 245 Å². The first-order chi connectivity index (χ1) is 20.6. The summed E-state index contributed by atoms with van der Waals surface area (Å²) in [6.45, 7) is 7.40. The monoisotopic (exact) mass is 607 g/mol. The molecule has 0 spiro atoms. The largest absolute Gasteiger partial charge is 0.447 e. The number of nitrogens with zero attached hydrogens (tertiary/aromatic N) is 7. The molecule has 1 fully saturated rings. The van der Waals surface area contributed by atoms with Crippen molar-refractivity contribution in [2.75, 3.05) is 18.1 Å². The van der Waals surface area contributed by atoms with E-state index in [0.29, 0.717) is 29.2 Å². The molecule has 3 aromatic heterocycles. The van der Waals surface area contributed by atoms with Crippen molar-refractivity contribution in [2.24, 2.45) is 0 Å². The van der Waals surface area contributed by atoms with Gasteiger partial charge in [-0.25, -0.2) is 37.1 Å². The molecule has 6 rings (SSSR count). The van der Waals surface area contributed by atoms with Crippen LogP contribution >= 0.6 is 0 Å². The molecule has 0 saturated carbocycles. The first kappa shape index (κ1) is 28.6. The van der Waals surface area contributed by atoms with Gasteiger partial charge < -0.3 is 9.47 Å². The first-order valence-electron chi connectivity index (χ1n) is 13.6. The van der Waals surface area contributed by atoms with Crippen LogP contribution in [0.3, 0.4) is 0 Å². The topological polar surface area (TPSA) is 99.7 Å². The number of carbonyl (C=O) groups excluding carboxylic acids is 1. The second-order valence-electron chi connectivity index (χ2n) is 11.4. The van der Waals surface area contributed by atoms with Crippen molar-refractivity contribution in [1.29, 1.82) is 0 Å². The van der Waals surface area contributed by atoms with E-state index in [1.807, 2.05) is 0 Å². The lowest BCUT2D eigenvalue weighted by atomic mass is 10.1. The van der Waals surface area contributed by atoms with Gasteiger partial charge >= 0.3 is 6.09 Å². The molecule has 5 aromatic rings. The molecular formula is C29H28F3N7O3Si. The Morgan fingerprint density at radius 3 is 2.63 bits per heavy atom. The standard InChI is InChI=1S/C29H28F3N7O3Si/c1-43(2,3)11-10-41-17-38-27(33-16-35-38)21-6-4-18(12-23(21)31)22-14-34-37-9-8-26(36-28(22)37)39-25(15-42-29(39)40)20-7-5-19(30)13-24(20)32/h4-9,12-14,16,25H,10-11,15,17H2,1-3H3. The van der Waals surface area contributed by atoms with Gasteiger partial charge in [0.1, 0.15) is 49.0 Å². The van der Waals surface area contributed by atoms with Gasteiger partial charge in [-0.2, -0.15) is 10.2 Å². The molecule has 0 radical (unpaired) electrons. The molecule has 1 amide bonds. The average Bonchev–Trinajstić information content (AvgIpc) is 3.69. The van der Waals surface area contributed by atoms with Crippen molar-refractivity contribution >= 4 is 25.6 Å². The Morgan fingerprint density at radius 2 is 1.86 bits per heavy atom. The van der Waals surface area contributed by atoms with E-state index in [0.717, 1.165) is 18.2 Å². The number of anilines is 1. The van der Waals surface area contributed by atoms with Crippen molar-refractivity contribution in [2.45, 2.75) is 38.5 Å². The number of amides is 1. The number of halogens is 3. The van der Waals surface area contributed by atoms with Crippen molar-refractivity contribution in [3.8, 4) is 22.5 Å². The van der Waals surface area contributed by atoms with Crippen LogP contribution in [0.25, 0.3) is 28.2 Å². The van der Waals surface area contributed by atoms with Gasteiger partial charge in [-0.05, 0) is 35.9 Å². The highest BCUT2D eigenvalue weighted by Crippen LogP contribution is 2.35. The summed E-state index contributed by atoms with van der Waals surface area (Å²) in [4.78, 5) is 22.7. The summed E-state index contributed by atoms with van der Waals surface area (Å²) in [6.07, 6.45) is 3.75. The molecule has 0 aliphatic carbocycles. The van der Waals surface area contributed by atoms with Crippen LogP contribution in [-0.4, -0.2) is 56.7 Å². The molecule has 14 heteroatoms. The van der Waals surface area contributed by atoms with Crippen LogP contribution in [0.15, 0.2) is 61.2 Å². The zero-order chi connectivity index (χ0) is 30.3. The zero-order valence-corrected chi connectivity index (χ0v) is 24.7. The normalized spacial score (nSPS) is 15.4. The lowest BCUT2D eigenvalue weighted by Crippen LogP contribution is -2.29. The SMILES string of the molecule is C[Si](C)(C)CCOCn1ncnc1-c1ccc(-c2cnn3ccc(N4C(=O)OCC4c4ccc(F)cc4F)nc23)cc1F. The predicted octanol–water partition coefficient (Wildman–Crippen LogP) is 6.08. The van der Waals surface area contributed by atoms with Gasteiger partial charge in [0.2, 0.25) is 0 Å².